The first-order chi connectivity index (χ1) is 6.09. The monoisotopic (exact) mass is 185 g/mol. The molecule has 1 atom stereocenters. The van der Waals surface area contributed by atoms with Crippen molar-refractivity contribution in [3.05, 3.63) is 18.2 Å². The number of aromatic nitrogens is 2. The van der Waals surface area contributed by atoms with Crippen LogP contribution in [-0.2, 0) is 13.0 Å². The molecule has 1 unspecified atom stereocenters. The van der Waals surface area contributed by atoms with Crippen LogP contribution in [0.5, 0.6) is 0 Å². The largest absolute Gasteiger partial charge is 0.335 e. The van der Waals surface area contributed by atoms with Crippen molar-refractivity contribution in [2.45, 2.75) is 32.5 Å². The fourth-order valence-electron chi connectivity index (χ4n) is 1.20. The van der Waals surface area contributed by atoms with E-state index in [1.54, 1.807) is 6.20 Å². The predicted molar refractivity (Wildman–Crippen MR) is 50.2 cm³/mol. The molecule has 0 amide bonds. The van der Waals surface area contributed by atoms with Crippen LogP contribution in [0.2, 0.25) is 0 Å². The topological polar surface area (TPSA) is 43.8 Å². The maximum absolute atomic E-state index is 13.5. The highest BCUT2D eigenvalue weighted by molar-refractivity contribution is 4.98. The van der Waals surface area contributed by atoms with Crippen molar-refractivity contribution in [2.75, 3.05) is 6.54 Å². The highest BCUT2D eigenvalue weighted by Crippen LogP contribution is 2.14. The van der Waals surface area contributed by atoms with Gasteiger partial charge in [-0.05, 0) is 13.8 Å². The van der Waals surface area contributed by atoms with Crippen molar-refractivity contribution < 1.29 is 4.39 Å². The minimum absolute atomic E-state index is 0.0313. The smallest absolute Gasteiger partial charge is 0.127 e. The number of halogens is 1. The summed E-state index contributed by atoms with van der Waals surface area (Å²) in [5.74, 6) is 0.762. The summed E-state index contributed by atoms with van der Waals surface area (Å²) in [6.07, 6.45) is 3.82. The Morgan fingerprint density at radius 3 is 2.92 bits per heavy atom. The van der Waals surface area contributed by atoms with Crippen molar-refractivity contribution in [1.29, 1.82) is 0 Å². The van der Waals surface area contributed by atoms with Crippen LogP contribution in [0.3, 0.4) is 0 Å². The van der Waals surface area contributed by atoms with E-state index < -0.39 is 5.67 Å². The zero-order valence-electron chi connectivity index (χ0n) is 8.13. The van der Waals surface area contributed by atoms with Gasteiger partial charge in [-0.3, -0.25) is 0 Å². The molecule has 2 N–H and O–H groups in total. The molecule has 1 heterocycles. The zero-order valence-corrected chi connectivity index (χ0v) is 8.13. The summed E-state index contributed by atoms with van der Waals surface area (Å²) in [7, 11) is 0. The number of hydrogen-bond acceptors (Lipinski definition) is 2. The molecule has 0 aliphatic rings. The summed E-state index contributed by atoms with van der Waals surface area (Å²) in [5.41, 5.74) is 3.95. The Morgan fingerprint density at radius 2 is 2.38 bits per heavy atom. The van der Waals surface area contributed by atoms with E-state index in [0.717, 1.165) is 12.4 Å². The van der Waals surface area contributed by atoms with Crippen LogP contribution in [0, 0.1) is 0 Å². The predicted octanol–water partition coefficient (Wildman–Crippen LogP) is 1.13. The van der Waals surface area contributed by atoms with Gasteiger partial charge in [0.05, 0.1) is 0 Å². The summed E-state index contributed by atoms with van der Waals surface area (Å²) in [5, 5.41) is 0. The molecular formula is C9H16FN3. The molecule has 4 heteroatoms. The molecule has 1 aromatic heterocycles. The zero-order chi connectivity index (χ0) is 9.90. The Balaban J connectivity index is 2.73. The highest BCUT2D eigenvalue weighted by atomic mass is 19.1. The molecule has 1 rings (SSSR count). The second-order valence-corrected chi connectivity index (χ2v) is 3.42. The van der Waals surface area contributed by atoms with Gasteiger partial charge in [-0.25, -0.2) is 9.37 Å². The van der Waals surface area contributed by atoms with Gasteiger partial charge in [-0.15, -0.1) is 0 Å². The third kappa shape index (κ3) is 2.52. The second-order valence-electron chi connectivity index (χ2n) is 3.42. The molecule has 0 aromatic carbocycles. The lowest BCUT2D eigenvalue weighted by Gasteiger charge is -2.17. The quantitative estimate of drug-likeness (QED) is 0.764. The number of alkyl halides is 1. The van der Waals surface area contributed by atoms with E-state index in [1.807, 2.05) is 17.7 Å². The van der Waals surface area contributed by atoms with E-state index in [-0.39, 0.29) is 13.0 Å². The first-order valence-corrected chi connectivity index (χ1v) is 4.48. The van der Waals surface area contributed by atoms with Crippen LogP contribution >= 0.6 is 0 Å². The molecule has 0 saturated carbocycles. The molecule has 3 nitrogen and oxygen atoms in total. The molecule has 0 aliphatic carbocycles. The third-order valence-electron chi connectivity index (χ3n) is 2.09. The Hall–Kier alpha value is -0.900. The van der Waals surface area contributed by atoms with Gasteiger partial charge < -0.3 is 10.3 Å². The number of hydrogen-bond donors (Lipinski definition) is 1. The van der Waals surface area contributed by atoms with Gasteiger partial charge in [-0.1, -0.05) is 0 Å². The van der Waals surface area contributed by atoms with Crippen LogP contribution < -0.4 is 5.73 Å². The van der Waals surface area contributed by atoms with E-state index in [1.165, 1.54) is 6.92 Å². The lowest BCUT2D eigenvalue weighted by molar-refractivity contribution is 0.194. The maximum Gasteiger partial charge on any atom is 0.127 e. The normalized spacial score (nSPS) is 15.7. The molecule has 1 aromatic rings. The number of rotatable bonds is 4. The van der Waals surface area contributed by atoms with Gasteiger partial charge in [0.2, 0.25) is 0 Å². The van der Waals surface area contributed by atoms with Gasteiger partial charge in [-0.2, -0.15) is 0 Å². The fourth-order valence-corrected chi connectivity index (χ4v) is 1.20. The fraction of sp³-hybridized carbons (Fsp3) is 0.667. The van der Waals surface area contributed by atoms with Gasteiger partial charge >= 0.3 is 0 Å². The van der Waals surface area contributed by atoms with Crippen LogP contribution in [0.4, 0.5) is 4.39 Å². The average molecular weight is 185 g/mol. The maximum atomic E-state index is 13.5. The Kier molecular flexibility index (Phi) is 3.03. The summed E-state index contributed by atoms with van der Waals surface area (Å²) < 4.78 is 15.4. The molecule has 74 valence electrons. The van der Waals surface area contributed by atoms with E-state index in [2.05, 4.69) is 4.98 Å². The molecule has 13 heavy (non-hydrogen) atoms. The molecule has 0 fully saturated rings. The summed E-state index contributed by atoms with van der Waals surface area (Å²) in [4.78, 5) is 4.09. The average Bonchev–Trinajstić information content (AvgIpc) is 2.51. The number of aryl methyl sites for hydroxylation is 1. The number of nitrogens with zero attached hydrogens (tertiary/aromatic N) is 2. The highest BCUT2D eigenvalue weighted by Gasteiger charge is 2.23. The minimum Gasteiger partial charge on any atom is -0.335 e. The molecule has 0 radical (unpaired) electrons. The number of nitrogens with two attached hydrogens (primary N) is 1. The van der Waals surface area contributed by atoms with E-state index >= 15 is 0 Å². The Labute approximate surface area is 77.8 Å². The standard InChI is InChI=1S/C9H16FN3/c1-3-13-5-4-12-8(13)6-9(2,10)7-11/h4-5H,3,6-7,11H2,1-2H3. The minimum atomic E-state index is -1.35. The van der Waals surface area contributed by atoms with Crippen LogP contribution in [0.15, 0.2) is 12.4 Å². The number of imidazole rings is 1. The molecule has 0 saturated heterocycles. The Bertz CT molecular complexity index is 268. The third-order valence-corrected chi connectivity index (χ3v) is 2.09. The van der Waals surface area contributed by atoms with Crippen molar-refractivity contribution in [1.82, 2.24) is 9.55 Å². The molecule has 0 spiro atoms. The van der Waals surface area contributed by atoms with E-state index in [4.69, 9.17) is 5.73 Å². The van der Waals surface area contributed by atoms with Gasteiger partial charge in [0.25, 0.3) is 0 Å². The lowest BCUT2D eigenvalue weighted by atomic mass is 10.0. The van der Waals surface area contributed by atoms with Crippen molar-refractivity contribution >= 4 is 0 Å². The summed E-state index contributed by atoms with van der Waals surface area (Å²) in [6, 6.07) is 0. The molecule has 0 aliphatic heterocycles. The van der Waals surface area contributed by atoms with Crippen molar-refractivity contribution in [2.24, 2.45) is 5.73 Å². The van der Waals surface area contributed by atoms with E-state index in [0.29, 0.717) is 0 Å². The van der Waals surface area contributed by atoms with Gasteiger partial charge in [0.15, 0.2) is 0 Å². The molecule has 0 bridgehead atoms. The van der Waals surface area contributed by atoms with Gasteiger partial charge in [0, 0.05) is 31.9 Å². The van der Waals surface area contributed by atoms with Crippen molar-refractivity contribution in [3.8, 4) is 0 Å². The van der Waals surface area contributed by atoms with E-state index in [9.17, 15) is 4.39 Å². The molecular weight excluding hydrogens is 169 g/mol. The van der Waals surface area contributed by atoms with Gasteiger partial charge in [0.1, 0.15) is 11.5 Å². The summed E-state index contributed by atoms with van der Waals surface area (Å²) in [6.45, 7) is 4.35. The van der Waals surface area contributed by atoms with Crippen LogP contribution in [-0.4, -0.2) is 21.8 Å². The summed E-state index contributed by atoms with van der Waals surface area (Å²) >= 11 is 0. The first kappa shape index (κ1) is 10.2. The van der Waals surface area contributed by atoms with Crippen molar-refractivity contribution in [3.63, 3.8) is 0 Å². The first-order valence-electron chi connectivity index (χ1n) is 4.48. The SMILES string of the molecule is CCn1ccnc1CC(C)(F)CN. The Morgan fingerprint density at radius 1 is 1.69 bits per heavy atom. The van der Waals surface area contributed by atoms with Crippen LogP contribution in [0.1, 0.15) is 19.7 Å². The second kappa shape index (κ2) is 3.87. The van der Waals surface area contributed by atoms with Crippen LogP contribution in [0.25, 0.3) is 0 Å². The lowest BCUT2D eigenvalue weighted by Crippen LogP contribution is -2.32.